The topological polar surface area (TPSA) is 107 Å². The highest BCUT2D eigenvalue weighted by Gasteiger charge is 2.20. The molecule has 0 fully saturated rings. The Labute approximate surface area is 142 Å². The van der Waals surface area contributed by atoms with Gasteiger partial charge in [0.15, 0.2) is 12.0 Å². The summed E-state index contributed by atoms with van der Waals surface area (Å²) < 4.78 is 10.7. The van der Waals surface area contributed by atoms with Crippen LogP contribution in [-0.2, 0) is 11.2 Å². The number of ether oxygens (including phenoxy) is 2. The summed E-state index contributed by atoms with van der Waals surface area (Å²) in [5, 5.41) is 12.4. The number of hydrogen-bond acceptors (Lipinski definition) is 6. The Morgan fingerprint density at radius 2 is 2.16 bits per heavy atom. The monoisotopic (exact) mass is 343 g/mol. The van der Waals surface area contributed by atoms with Gasteiger partial charge >= 0.3 is 0 Å². The van der Waals surface area contributed by atoms with Gasteiger partial charge in [0.25, 0.3) is 5.69 Å². The van der Waals surface area contributed by atoms with Crippen LogP contribution in [0.5, 0.6) is 5.75 Å². The summed E-state index contributed by atoms with van der Waals surface area (Å²) >= 11 is 0. The lowest BCUT2D eigenvalue weighted by Gasteiger charge is -2.11. The molecule has 0 spiro atoms. The van der Waals surface area contributed by atoms with E-state index in [1.165, 1.54) is 12.1 Å². The lowest BCUT2D eigenvalue weighted by atomic mass is 10.1. The van der Waals surface area contributed by atoms with E-state index in [0.29, 0.717) is 41.5 Å². The van der Waals surface area contributed by atoms with Crippen molar-refractivity contribution in [1.29, 1.82) is 0 Å². The van der Waals surface area contributed by atoms with Crippen LogP contribution in [0.1, 0.15) is 23.1 Å². The Kier molecular flexibility index (Phi) is 4.62. The second-order valence-corrected chi connectivity index (χ2v) is 5.45. The van der Waals surface area contributed by atoms with Crippen molar-refractivity contribution >= 4 is 33.8 Å². The average molecular weight is 343 g/mol. The van der Waals surface area contributed by atoms with Gasteiger partial charge in [-0.1, -0.05) is 6.92 Å². The molecule has 3 rings (SSSR count). The Morgan fingerprint density at radius 3 is 2.80 bits per heavy atom. The zero-order chi connectivity index (χ0) is 18.0. The number of H-pyrrole nitrogens is 1. The van der Waals surface area contributed by atoms with E-state index < -0.39 is 4.92 Å². The number of benzene rings is 1. The van der Waals surface area contributed by atoms with Crippen LogP contribution in [-0.4, -0.2) is 41.5 Å². The van der Waals surface area contributed by atoms with Gasteiger partial charge in [0.2, 0.25) is 0 Å². The zero-order valence-electron chi connectivity index (χ0n) is 13.9. The third-order valence-corrected chi connectivity index (χ3v) is 3.98. The number of aldehydes is 1. The van der Waals surface area contributed by atoms with E-state index in [9.17, 15) is 14.9 Å². The molecule has 2 heterocycles. The van der Waals surface area contributed by atoms with E-state index in [1.54, 1.807) is 13.2 Å². The lowest BCUT2D eigenvalue weighted by molar-refractivity contribution is -0.384. The van der Waals surface area contributed by atoms with Crippen molar-refractivity contribution < 1.29 is 19.2 Å². The minimum atomic E-state index is -0.452. The van der Waals surface area contributed by atoms with E-state index in [0.717, 1.165) is 11.0 Å². The highest BCUT2D eigenvalue weighted by atomic mass is 16.6. The van der Waals surface area contributed by atoms with Crippen molar-refractivity contribution in [2.24, 2.45) is 0 Å². The minimum absolute atomic E-state index is 0.0289. The maximum Gasteiger partial charge on any atom is 0.270 e. The van der Waals surface area contributed by atoms with Crippen LogP contribution in [0.3, 0.4) is 0 Å². The van der Waals surface area contributed by atoms with Gasteiger partial charge in [0.05, 0.1) is 28.1 Å². The van der Waals surface area contributed by atoms with Crippen molar-refractivity contribution in [3.63, 3.8) is 0 Å². The summed E-state index contributed by atoms with van der Waals surface area (Å²) in [6, 6.07) is 4.56. The number of pyridine rings is 1. The summed E-state index contributed by atoms with van der Waals surface area (Å²) in [4.78, 5) is 29.8. The average Bonchev–Trinajstić information content (AvgIpc) is 3.00. The van der Waals surface area contributed by atoms with Gasteiger partial charge < -0.3 is 14.5 Å². The predicted molar refractivity (Wildman–Crippen MR) is 92.4 cm³/mol. The molecule has 0 unspecified atom stereocenters. The molecular weight excluding hydrogens is 326 g/mol. The number of nitro benzene ring substituents is 1. The van der Waals surface area contributed by atoms with Crippen LogP contribution < -0.4 is 4.74 Å². The quantitative estimate of drug-likeness (QED) is 0.306. The normalized spacial score (nSPS) is 11.1. The highest BCUT2D eigenvalue weighted by Crippen LogP contribution is 2.37. The van der Waals surface area contributed by atoms with Crippen LogP contribution in [0.2, 0.25) is 0 Å². The fraction of sp³-hybridized carbons (Fsp3) is 0.294. The number of carbonyl (C=O) groups is 1. The second-order valence-electron chi connectivity index (χ2n) is 5.45. The molecule has 1 aromatic carbocycles. The zero-order valence-corrected chi connectivity index (χ0v) is 13.9. The molecule has 0 aliphatic heterocycles. The predicted octanol–water partition coefficient (Wildman–Crippen LogP) is 3.02. The number of methoxy groups -OCH3 is 1. The Bertz CT molecular complexity index is 964. The Balaban J connectivity index is 2.35. The van der Waals surface area contributed by atoms with E-state index >= 15 is 0 Å². The summed E-state index contributed by atoms with van der Waals surface area (Å²) in [7, 11) is 1.55. The number of aromatic nitrogens is 2. The van der Waals surface area contributed by atoms with E-state index in [4.69, 9.17) is 9.47 Å². The molecule has 0 amide bonds. The molecule has 0 saturated carbocycles. The summed E-state index contributed by atoms with van der Waals surface area (Å²) in [6.45, 7) is 2.51. The van der Waals surface area contributed by atoms with Gasteiger partial charge in [0.1, 0.15) is 12.3 Å². The maximum absolute atomic E-state index is 11.5. The molecular formula is C17H17N3O5. The molecule has 2 aromatic heterocycles. The van der Waals surface area contributed by atoms with Crippen LogP contribution >= 0.6 is 0 Å². The van der Waals surface area contributed by atoms with Gasteiger partial charge in [-0.05, 0) is 12.5 Å². The smallest absolute Gasteiger partial charge is 0.270 e. The minimum Gasteiger partial charge on any atom is -0.488 e. The number of rotatable bonds is 7. The van der Waals surface area contributed by atoms with Crippen molar-refractivity contribution in [2.75, 3.05) is 20.3 Å². The van der Waals surface area contributed by atoms with Crippen molar-refractivity contribution in [3.8, 4) is 5.75 Å². The van der Waals surface area contributed by atoms with Crippen LogP contribution in [0.4, 0.5) is 5.69 Å². The van der Waals surface area contributed by atoms with E-state index in [-0.39, 0.29) is 18.0 Å². The Hall–Kier alpha value is -3.00. The summed E-state index contributed by atoms with van der Waals surface area (Å²) in [6.07, 6.45) is 1.24. The van der Waals surface area contributed by atoms with Crippen LogP contribution in [0, 0.1) is 10.1 Å². The maximum atomic E-state index is 11.5. The largest absolute Gasteiger partial charge is 0.488 e. The first-order valence-corrected chi connectivity index (χ1v) is 7.80. The fourth-order valence-electron chi connectivity index (χ4n) is 2.83. The van der Waals surface area contributed by atoms with Gasteiger partial charge in [-0.2, -0.15) is 0 Å². The molecule has 0 aliphatic rings. The van der Waals surface area contributed by atoms with E-state index in [1.807, 2.05) is 6.92 Å². The van der Waals surface area contributed by atoms with Gasteiger partial charge in [-0.25, -0.2) is 4.98 Å². The van der Waals surface area contributed by atoms with Crippen LogP contribution in [0.25, 0.3) is 21.8 Å². The number of non-ortho nitro benzene ring substituents is 1. The fourth-order valence-corrected chi connectivity index (χ4v) is 2.83. The molecule has 0 bridgehead atoms. The van der Waals surface area contributed by atoms with Crippen molar-refractivity contribution in [1.82, 2.24) is 9.97 Å². The third kappa shape index (κ3) is 2.91. The molecule has 1 N–H and O–H groups in total. The first-order valence-electron chi connectivity index (χ1n) is 7.80. The van der Waals surface area contributed by atoms with Gasteiger partial charge in [0, 0.05) is 30.1 Å². The Morgan fingerprint density at radius 1 is 1.36 bits per heavy atom. The molecule has 25 heavy (non-hydrogen) atoms. The number of fused-ring (bicyclic) bond motifs is 3. The molecule has 3 aromatic rings. The molecule has 0 saturated heterocycles. The molecule has 8 nitrogen and oxygen atoms in total. The number of nitrogens with one attached hydrogen (secondary N) is 1. The van der Waals surface area contributed by atoms with Crippen LogP contribution in [0.15, 0.2) is 18.2 Å². The summed E-state index contributed by atoms with van der Waals surface area (Å²) in [5.74, 6) is 0.311. The molecule has 0 atom stereocenters. The lowest BCUT2D eigenvalue weighted by Crippen LogP contribution is -2.08. The number of hydrogen-bond donors (Lipinski definition) is 1. The number of nitrogens with zero attached hydrogens (tertiary/aromatic N) is 2. The SMILES string of the molecule is CCc1nc(C=O)c(OCCOC)c2c1[nH]c1ccc([N+](=O)[O-])cc12. The van der Waals surface area contributed by atoms with Gasteiger partial charge in [-0.15, -0.1) is 0 Å². The highest BCUT2D eigenvalue weighted by molar-refractivity contribution is 6.13. The van der Waals surface area contributed by atoms with Crippen molar-refractivity contribution in [3.05, 3.63) is 39.7 Å². The first-order chi connectivity index (χ1) is 12.1. The van der Waals surface area contributed by atoms with Crippen molar-refractivity contribution in [2.45, 2.75) is 13.3 Å². The number of aromatic amines is 1. The molecule has 0 aliphatic carbocycles. The third-order valence-electron chi connectivity index (χ3n) is 3.98. The number of carbonyl (C=O) groups excluding carboxylic acids is 1. The molecule has 8 heteroatoms. The van der Waals surface area contributed by atoms with E-state index in [2.05, 4.69) is 9.97 Å². The first kappa shape index (κ1) is 16.8. The van der Waals surface area contributed by atoms with Gasteiger partial charge in [-0.3, -0.25) is 14.9 Å². The standard InChI is InChI=1S/C17H17N3O5/c1-3-12-16-15(17(14(9-21)18-12)25-7-6-24-2)11-8-10(20(22)23)4-5-13(11)19-16/h4-5,8-9,19H,3,6-7H2,1-2H3. The number of aryl methyl sites for hydroxylation is 1. The molecule has 130 valence electrons. The second kappa shape index (κ2) is 6.86. The number of nitro groups is 1. The molecule has 0 radical (unpaired) electrons. The summed E-state index contributed by atoms with van der Waals surface area (Å²) in [5.41, 5.74) is 2.29.